The van der Waals surface area contributed by atoms with Gasteiger partial charge in [0.1, 0.15) is 5.75 Å². The molecule has 2 aromatic carbocycles. The van der Waals surface area contributed by atoms with Crippen molar-refractivity contribution in [1.29, 1.82) is 0 Å². The van der Waals surface area contributed by atoms with Crippen LogP contribution in [0.2, 0.25) is 0 Å². The third-order valence-corrected chi connectivity index (χ3v) is 3.92. The summed E-state index contributed by atoms with van der Waals surface area (Å²) in [5.74, 6) is 0.622. The van der Waals surface area contributed by atoms with Gasteiger partial charge in [0.05, 0.1) is 19.3 Å². The van der Waals surface area contributed by atoms with Crippen molar-refractivity contribution in [2.75, 3.05) is 26.1 Å². The minimum absolute atomic E-state index is 0.132. The predicted octanol–water partition coefficient (Wildman–Crippen LogP) is 3.55. The average molecular weight is 324 g/mol. The zero-order valence-electron chi connectivity index (χ0n) is 13.8. The molecule has 0 bridgehead atoms. The zero-order valence-corrected chi connectivity index (χ0v) is 13.8. The Morgan fingerprint density at radius 2 is 1.83 bits per heavy atom. The Labute approximate surface area is 140 Å². The minimum atomic E-state index is -0.132. The molecule has 0 atom stereocenters. The molecule has 0 fully saturated rings. The maximum absolute atomic E-state index is 12.7. The quantitative estimate of drug-likeness (QED) is 0.754. The van der Waals surface area contributed by atoms with Gasteiger partial charge in [0.2, 0.25) is 0 Å². The second-order valence-corrected chi connectivity index (χ2v) is 5.43. The first-order valence-corrected chi connectivity index (χ1v) is 7.75. The monoisotopic (exact) mass is 324 g/mol. The molecule has 5 heteroatoms. The van der Waals surface area contributed by atoms with Crippen LogP contribution >= 0.6 is 0 Å². The van der Waals surface area contributed by atoms with Crippen LogP contribution in [-0.2, 0) is 11.3 Å². The number of hydrogen-bond donors (Lipinski definition) is 1. The molecule has 1 amide bonds. The number of para-hydroxylation sites is 1. The van der Waals surface area contributed by atoms with Crippen molar-refractivity contribution in [3.05, 3.63) is 60.3 Å². The first kappa shape index (κ1) is 16.1. The van der Waals surface area contributed by atoms with Crippen LogP contribution in [0.3, 0.4) is 0 Å². The summed E-state index contributed by atoms with van der Waals surface area (Å²) in [7, 11) is 3.28. The number of methoxy groups -OCH3 is 2. The third kappa shape index (κ3) is 3.26. The number of carbonyl (C=O) groups excluding carboxylic acids is 1. The molecular formula is C19H20N2O3. The maximum atomic E-state index is 12.7. The highest BCUT2D eigenvalue weighted by molar-refractivity contribution is 6.13. The van der Waals surface area contributed by atoms with Gasteiger partial charge in [-0.1, -0.05) is 18.2 Å². The van der Waals surface area contributed by atoms with Crippen molar-refractivity contribution in [1.82, 2.24) is 4.57 Å². The summed E-state index contributed by atoms with van der Waals surface area (Å²) >= 11 is 0. The van der Waals surface area contributed by atoms with Crippen LogP contribution in [0.15, 0.2) is 54.7 Å². The summed E-state index contributed by atoms with van der Waals surface area (Å²) in [4.78, 5) is 12.7. The lowest BCUT2D eigenvalue weighted by molar-refractivity contribution is 0.102. The molecule has 0 aliphatic heterocycles. The van der Waals surface area contributed by atoms with E-state index in [-0.39, 0.29) is 5.91 Å². The minimum Gasteiger partial charge on any atom is -0.497 e. The van der Waals surface area contributed by atoms with Crippen LogP contribution in [-0.4, -0.2) is 31.3 Å². The number of rotatable bonds is 6. The van der Waals surface area contributed by atoms with Gasteiger partial charge < -0.3 is 19.4 Å². The van der Waals surface area contributed by atoms with Gasteiger partial charge in [0, 0.05) is 36.4 Å². The van der Waals surface area contributed by atoms with Crippen molar-refractivity contribution in [2.24, 2.45) is 0 Å². The number of benzene rings is 2. The van der Waals surface area contributed by atoms with Crippen LogP contribution < -0.4 is 10.1 Å². The predicted molar refractivity (Wildman–Crippen MR) is 94.8 cm³/mol. The van der Waals surface area contributed by atoms with Crippen molar-refractivity contribution >= 4 is 22.5 Å². The summed E-state index contributed by atoms with van der Waals surface area (Å²) < 4.78 is 12.3. The van der Waals surface area contributed by atoms with Gasteiger partial charge in [-0.15, -0.1) is 0 Å². The SMILES string of the molecule is COCCn1cc(C(=O)Nc2ccc(OC)cc2)c2ccccc21. The molecule has 0 saturated carbocycles. The molecule has 3 aromatic rings. The third-order valence-electron chi connectivity index (χ3n) is 3.92. The van der Waals surface area contributed by atoms with Gasteiger partial charge in [-0.05, 0) is 30.3 Å². The molecule has 0 unspecified atom stereocenters. The Morgan fingerprint density at radius 1 is 1.08 bits per heavy atom. The molecule has 0 spiro atoms. The Morgan fingerprint density at radius 3 is 2.54 bits per heavy atom. The Bertz CT molecular complexity index is 837. The van der Waals surface area contributed by atoms with E-state index < -0.39 is 0 Å². The number of aromatic nitrogens is 1. The average Bonchev–Trinajstić information content (AvgIpc) is 2.99. The van der Waals surface area contributed by atoms with Gasteiger partial charge in [0.15, 0.2) is 0 Å². The lowest BCUT2D eigenvalue weighted by Crippen LogP contribution is -2.11. The number of carbonyl (C=O) groups is 1. The molecule has 24 heavy (non-hydrogen) atoms. The fourth-order valence-electron chi connectivity index (χ4n) is 2.68. The maximum Gasteiger partial charge on any atom is 0.257 e. The molecule has 0 aliphatic carbocycles. The smallest absolute Gasteiger partial charge is 0.257 e. The van der Waals surface area contributed by atoms with Gasteiger partial charge >= 0.3 is 0 Å². The van der Waals surface area contributed by atoms with E-state index in [1.165, 1.54) is 0 Å². The van der Waals surface area contributed by atoms with E-state index in [0.29, 0.717) is 18.7 Å². The van der Waals surface area contributed by atoms with Gasteiger partial charge in [0.25, 0.3) is 5.91 Å². The molecule has 5 nitrogen and oxygen atoms in total. The molecule has 0 radical (unpaired) electrons. The number of anilines is 1. The van der Waals surface area contributed by atoms with Crippen molar-refractivity contribution in [2.45, 2.75) is 6.54 Å². The second kappa shape index (κ2) is 7.19. The van der Waals surface area contributed by atoms with Crippen LogP contribution in [0, 0.1) is 0 Å². The summed E-state index contributed by atoms with van der Waals surface area (Å²) in [6.07, 6.45) is 1.88. The Kier molecular flexibility index (Phi) is 4.82. The normalized spacial score (nSPS) is 10.8. The highest BCUT2D eigenvalue weighted by atomic mass is 16.5. The summed E-state index contributed by atoms with van der Waals surface area (Å²) in [5.41, 5.74) is 2.40. The van der Waals surface area contributed by atoms with Crippen molar-refractivity contribution in [3.8, 4) is 5.75 Å². The van der Waals surface area contributed by atoms with E-state index in [9.17, 15) is 4.79 Å². The summed E-state index contributed by atoms with van der Waals surface area (Å²) in [6, 6.07) is 15.2. The molecule has 124 valence electrons. The van der Waals surface area contributed by atoms with E-state index in [0.717, 1.165) is 22.3 Å². The number of nitrogens with one attached hydrogen (secondary N) is 1. The number of amides is 1. The van der Waals surface area contributed by atoms with Crippen LogP contribution in [0.25, 0.3) is 10.9 Å². The van der Waals surface area contributed by atoms with E-state index in [1.54, 1.807) is 14.2 Å². The first-order valence-electron chi connectivity index (χ1n) is 7.75. The largest absolute Gasteiger partial charge is 0.497 e. The van der Waals surface area contributed by atoms with Crippen molar-refractivity contribution < 1.29 is 14.3 Å². The first-order chi connectivity index (χ1) is 11.7. The Balaban J connectivity index is 1.88. The van der Waals surface area contributed by atoms with Crippen LogP contribution in [0.1, 0.15) is 10.4 Å². The molecule has 1 aromatic heterocycles. The van der Waals surface area contributed by atoms with E-state index in [4.69, 9.17) is 9.47 Å². The van der Waals surface area contributed by atoms with E-state index in [2.05, 4.69) is 5.32 Å². The number of ether oxygens (including phenoxy) is 2. The van der Waals surface area contributed by atoms with E-state index in [1.807, 2.05) is 59.3 Å². The topological polar surface area (TPSA) is 52.5 Å². The molecule has 1 N–H and O–H groups in total. The fourth-order valence-corrected chi connectivity index (χ4v) is 2.68. The number of nitrogens with zero attached hydrogens (tertiary/aromatic N) is 1. The summed E-state index contributed by atoms with van der Waals surface area (Å²) in [6.45, 7) is 1.30. The molecular weight excluding hydrogens is 304 g/mol. The molecule has 3 rings (SSSR count). The lowest BCUT2D eigenvalue weighted by Gasteiger charge is -2.05. The zero-order chi connectivity index (χ0) is 16.9. The van der Waals surface area contributed by atoms with Crippen molar-refractivity contribution in [3.63, 3.8) is 0 Å². The molecule has 1 heterocycles. The van der Waals surface area contributed by atoms with Gasteiger partial charge in [-0.25, -0.2) is 0 Å². The fraction of sp³-hybridized carbons (Fsp3) is 0.211. The molecule has 0 aliphatic rings. The number of fused-ring (bicyclic) bond motifs is 1. The van der Waals surface area contributed by atoms with E-state index >= 15 is 0 Å². The number of hydrogen-bond acceptors (Lipinski definition) is 3. The standard InChI is InChI=1S/C19H20N2O3/c1-23-12-11-21-13-17(16-5-3-4-6-18(16)21)19(22)20-14-7-9-15(24-2)10-8-14/h3-10,13H,11-12H2,1-2H3,(H,20,22). The lowest BCUT2D eigenvalue weighted by atomic mass is 10.1. The van der Waals surface area contributed by atoms with Gasteiger partial charge in [-0.3, -0.25) is 4.79 Å². The highest BCUT2D eigenvalue weighted by Gasteiger charge is 2.15. The second-order valence-electron chi connectivity index (χ2n) is 5.43. The van der Waals surface area contributed by atoms with Gasteiger partial charge in [-0.2, -0.15) is 0 Å². The highest BCUT2D eigenvalue weighted by Crippen LogP contribution is 2.23. The van der Waals surface area contributed by atoms with Crippen LogP contribution in [0.4, 0.5) is 5.69 Å². The molecule has 0 saturated heterocycles. The Hall–Kier alpha value is -2.79. The summed E-state index contributed by atoms with van der Waals surface area (Å²) in [5, 5.41) is 3.86. The van der Waals surface area contributed by atoms with Crippen LogP contribution in [0.5, 0.6) is 5.75 Å².